The highest BCUT2D eigenvalue weighted by Gasteiger charge is 2.22. The van der Waals surface area contributed by atoms with Crippen LogP contribution in [-0.2, 0) is 18.9 Å². The molecule has 0 radical (unpaired) electrons. The van der Waals surface area contributed by atoms with Crippen molar-refractivity contribution in [2.45, 2.75) is 19.9 Å². The first-order chi connectivity index (χ1) is 13.7. The summed E-state index contributed by atoms with van der Waals surface area (Å²) in [5, 5.41) is 26.4. The molecule has 0 bridgehead atoms. The molecule has 0 aromatic carbocycles. The molecule has 0 spiro atoms. The van der Waals surface area contributed by atoms with Crippen molar-refractivity contribution in [3.05, 3.63) is 41.7 Å². The number of aryl methyl sites for hydroxylation is 2. The van der Waals surface area contributed by atoms with Gasteiger partial charge in [0.15, 0.2) is 0 Å². The second kappa shape index (κ2) is 7.58. The number of nitrogens with zero attached hydrogens (tertiary/aromatic N) is 6. The van der Waals surface area contributed by atoms with Crippen LogP contribution in [0.15, 0.2) is 24.8 Å². The summed E-state index contributed by atoms with van der Waals surface area (Å²) in [6, 6.07) is -0.918. The van der Waals surface area contributed by atoms with Gasteiger partial charge in [0.05, 0.1) is 41.2 Å². The second-order valence-corrected chi connectivity index (χ2v) is 6.43. The van der Waals surface area contributed by atoms with Gasteiger partial charge in [-0.15, -0.1) is 0 Å². The summed E-state index contributed by atoms with van der Waals surface area (Å²) in [7, 11) is 3.33. The normalized spacial score (nSPS) is 11.9. The number of amides is 2. The average Bonchev–Trinajstić information content (AvgIpc) is 3.37. The molecule has 1 unspecified atom stereocenters. The van der Waals surface area contributed by atoms with Crippen LogP contribution in [0, 0.1) is 6.92 Å². The quantitative estimate of drug-likeness (QED) is 0.554. The first kappa shape index (κ1) is 19.8. The van der Waals surface area contributed by atoms with Crippen LogP contribution in [0.4, 0.5) is 11.4 Å². The Kier molecular flexibility index (Phi) is 5.17. The largest absolute Gasteiger partial charge is 0.480 e. The Balaban J connectivity index is 1.79. The number of hydrogen-bond acceptors (Lipinski definition) is 6. The molecule has 3 aromatic heterocycles. The van der Waals surface area contributed by atoms with Gasteiger partial charge in [-0.1, -0.05) is 0 Å². The number of carbonyl (C=O) groups excluding carboxylic acids is 2. The van der Waals surface area contributed by atoms with E-state index in [-0.39, 0.29) is 16.9 Å². The first-order valence-corrected chi connectivity index (χ1v) is 8.59. The summed E-state index contributed by atoms with van der Waals surface area (Å²) < 4.78 is 4.13. The number of aromatic nitrogens is 6. The topological polar surface area (TPSA) is 149 Å². The molecule has 2 amide bonds. The molecule has 3 N–H and O–H groups in total. The van der Waals surface area contributed by atoms with Crippen LogP contribution in [0.25, 0.3) is 0 Å². The van der Waals surface area contributed by atoms with Gasteiger partial charge < -0.3 is 15.7 Å². The Morgan fingerprint density at radius 1 is 0.966 bits per heavy atom. The lowest BCUT2D eigenvalue weighted by Crippen LogP contribution is -2.20. The Morgan fingerprint density at radius 2 is 1.59 bits per heavy atom. The van der Waals surface area contributed by atoms with Crippen molar-refractivity contribution in [2.24, 2.45) is 14.1 Å². The van der Waals surface area contributed by atoms with E-state index in [1.807, 2.05) is 6.92 Å². The van der Waals surface area contributed by atoms with Crippen LogP contribution in [0.2, 0.25) is 0 Å². The van der Waals surface area contributed by atoms with Crippen LogP contribution < -0.4 is 10.6 Å². The number of carboxylic acid groups (broad SMARTS) is 1. The number of rotatable bonds is 6. The maximum Gasteiger partial charge on any atom is 0.328 e. The van der Waals surface area contributed by atoms with Crippen LogP contribution in [0.1, 0.15) is 39.5 Å². The first-order valence-electron chi connectivity index (χ1n) is 8.59. The number of nitrogens with one attached hydrogen (secondary N) is 2. The number of carbonyl (C=O) groups is 3. The molecule has 3 rings (SSSR count). The summed E-state index contributed by atoms with van der Waals surface area (Å²) in [5.41, 5.74) is 1.81. The number of aliphatic carboxylic acids is 1. The van der Waals surface area contributed by atoms with Crippen molar-refractivity contribution in [1.29, 1.82) is 0 Å². The fourth-order valence-corrected chi connectivity index (χ4v) is 2.58. The number of hydrogen-bond donors (Lipinski definition) is 3. The standard InChI is InChI=1S/C17H20N8O4/c1-9-12(6-18-23(9)3)21-16(27)14-13(7-19-24(14)4)22-15(26)11-5-20-25(8-11)10(2)17(28)29/h5-8,10H,1-4H3,(H,21,27)(H,22,26)(H,28,29). The van der Waals surface area contributed by atoms with E-state index in [4.69, 9.17) is 5.11 Å². The highest BCUT2D eigenvalue weighted by Crippen LogP contribution is 2.19. The Labute approximate surface area is 165 Å². The van der Waals surface area contributed by atoms with Crippen LogP contribution in [0.5, 0.6) is 0 Å². The molecule has 1 atom stereocenters. The van der Waals surface area contributed by atoms with E-state index in [2.05, 4.69) is 25.9 Å². The summed E-state index contributed by atoms with van der Waals surface area (Å²) in [4.78, 5) is 36.3. The van der Waals surface area contributed by atoms with Crippen LogP contribution in [0.3, 0.4) is 0 Å². The lowest BCUT2D eigenvalue weighted by atomic mass is 10.2. The molecule has 0 saturated carbocycles. The van der Waals surface area contributed by atoms with Crippen molar-refractivity contribution < 1.29 is 19.5 Å². The third kappa shape index (κ3) is 3.85. The van der Waals surface area contributed by atoms with E-state index in [1.165, 1.54) is 41.1 Å². The van der Waals surface area contributed by atoms with Gasteiger partial charge in [-0.25, -0.2) is 4.79 Å². The van der Waals surface area contributed by atoms with E-state index >= 15 is 0 Å². The van der Waals surface area contributed by atoms with Crippen LogP contribution >= 0.6 is 0 Å². The predicted molar refractivity (Wildman–Crippen MR) is 102 cm³/mol. The zero-order valence-corrected chi connectivity index (χ0v) is 16.2. The second-order valence-electron chi connectivity index (χ2n) is 6.43. The summed E-state index contributed by atoms with van der Waals surface area (Å²) >= 11 is 0. The molecule has 0 aliphatic carbocycles. The van der Waals surface area contributed by atoms with Gasteiger partial charge in [0.25, 0.3) is 11.8 Å². The van der Waals surface area contributed by atoms with Crippen LogP contribution in [-0.4, -0.2) is 52.2 Å². The SMILES string of the molecule is Cc1c(NC(=O)c2c(NC(=O)c3cnn(C(C)C(=O)O)c3)cnn2C)cnn1C. The monoisotopic (exact) mass is 400 g/mol. The predicted octanol–water partition coefficient (Wildman–Crippen LogP) is 0.809. The third-order valence-electron chi connectivity index (χ3n) is 4.50. The molecular formula is C17H20N8O4. The zero-order valence-electron chi connectivity index (χ0n) is 16.2. The van der Waals surface area contributed by atoms with E-state index in [0.29, 0.717) is 5.69 Å². The fourth-order valence-electron chi connectivity index (χ4n) is 2.58. The molecule has 0 fully saturated rings. The summed E-state index contributed by atoms with van der Waals surface area (Å²) in [6.07, 6.45) is 5.46. The van der Waals surface area contributed by atoms with Crippen molar-refractivity contribution in [3.8, 4) is 0 Å². The molecule has 0 aliphatic rings. The Bertz CT molecular complexity index is 1090. The van der Waals surface area contributed by atoms with Gasteiger partial charge in [-0.05, 0) is 13.8 Å². The molecule has 3 aromatic rings. The van der Waals surface area contributed by atoms with Gasteiger partial charge in [0, 0.05) is 20.3 Å². The average molecular weight is 400 g/mol. The zero-order chi connectivity index (χ0) is 21.3. The maximum atomic E-state index is 12.7. The highest BCUT2D eigenvalue weighted by atomic mass is 16.4. The third-order valence-corrected chi connectivity index (χ3v) is 4.50. The smallest absolute Gasteiger partial charge is 0.328 e. The van der Waals surface area contributed by atoms with Gasteiger partial charge in [0.2, 0.25) is 0 Å². The van der Waals surface area contributed by atoms with Gasteiger partial charge in [0.1, 0.15) is 11.7 Å². The van der Waals surface area contributed by atoms with Crippen molar-refractivity contribution in [1.82, 2.24) is 29.3 Å². The minimum Gasteiger partial charge on any atom is -0.480 e. The lowest BCUT2D eigenvalue weighted by Gasteiger charge is -2.08. The van der Waals surface area contributed by atoms with E-state index in [1.54, 1.807) is 18.8 Å². The summed E-state index contributed by atoms with van der Waals surface area (Å²) in [5.74, 6) is -2.09. The van der Waals surface area contributed by atoms with Crippen molar-refractivity contribution in [3.63, 3.8) is 0 Å². The van der Waals surface area contributed by atoms with Crippen molar-refractivity contribution in [2.75, 3.05) is 10.6 Å². The molecule has 12 heteroatoms. The minimum absolute atomic E-state index is 0.146. The Morgan fingerprint density at radius 3 is 2.21 bits per heavy atom. The van der Waals surface area contributed by atoms with Gasteiger partial charge in [-0.2, -0.15) is 15.3 Å². The molecular weight excluding hydrogens is 380 g/mol. The van der Waals surface area contributed by atoms with E-state index in [9.17, 15) is 14.4 Å². The molecule has 12 nitrogen and oxygen atoms in total. The lowest BCUT2D eigenvalue weighted by molar-refractivity contribution is -0.140. The maximum absolute atomic E-state index is 12.7. The van der Waals surface area contributed by atoms with E-state index < -0.39 is 23.8 Å². The van der Waals surface area contributed by atoms with Crippen molar-refractivity contribution >= 4 is 29.2 Å². The molecule has 0 saturated heterocycles. The van der Waals surface area contributed by atoms with Gasteiger partial charge in [-0.3, -0.25) is 23.6 Å². The molecule has 29 heavy (non-hydrogen) atoms. The molecule has 3 heterocycles. The van der Waals surface area contributed by atoms with Gasteiger partial charge >= 0.3 is 5.97 Å². The number of anilines is 2. The Hall–Kier alpha value is -3.96. The fraction of sp³-hybridized carbons (Fsp3) is 0.294. The number of carboxylic acids is 1. The summed E-state index contributed by atoms with van der Waals surface area (Å²) in [6.45, 7) is 3.26. The highest BCUT2D eigenvalue weighted by molar-refractivity contribution is 6.11. The van der Waals surface area contributed by atoms with E-state index in [0.717, 1.165) is 5.69 Å². The molecule has 152 valence electrons. The minimum atomic E-state index is -1.07. The molecule has 0 aliphatic heterocycles.